The predicted octanol–water partition coefficient (Wildman–Crippen LogP) is 5.96. The van der Waals surface area contributed by atoms with Gasteiger partial charge in [0, 0.05) is 37.4 Å². The number of halogens is 6. The van der Waals surface area contributed by atoms with Gasteiger partial charge in [-0.05, 0) is 56.6 Å². The van der Waals surface area contributed by atoms with E-state index < -0.39 is 40.5 Å². The molecule has 2 aliphatic rings. The van der Waals surface area contributed by atoms with Gasteiger partial charge in [-0.1, -0.05) is 29.8 Å². The smallest absolute Gasteiger partial charge is 0.325 e. The quantitative estimate of drug-likeness (QED) is 0.385. The highest BCUT2D eigenvalue weighted by Gasteiger charge is 2.52. The summed E-state index contributed by atoms with van der Waals surface area (Å²) in [6, 6.07) is 6.44. The number of amides is 2. The van der Waals surface area contributed by atoms with Crippen LogP contribution in [0.1, 0.15) is 35.1 Å². The highest BCUT2D eigenvalue weighted by atomic mass is 19.4. The molecular formula is C27H27F6N3O2. The van der Waals surface area contributed by atoms with Crippen LogP contribution in [-0.4, -0.2) is 43.4 Å². The number of para-hydroxylation sites is 1. The van der Waals surface area contributed by atoms with Gasteiger partial charge in [-0.25, -0.2) is 0 Å². The summed E-state index contributed by atoms with van der Waals surface area (Å²) in [6.07, 6.45) is -8.13. The number of rotatable bonds is 4. The van der Waals surface area contributed by atoms with Gasteiger partial charge < -0.3 is 15.1 Å². The average Bonchev–Trinajstić information content (AvgIpc) is 3.16. The molecule has 11 heteroatoms. The summed E-state index contributed by atoms with van der Waals surface area (Å²) >= 11 is 0. The van der Waals surface area contributed by atoms with Crippen LogP contribution >= 0.6 is 0 Å². The molecule has 0 bridgehead atoms. The van der Waals surface area contributed by atoms with Crippen LogP contribution in [0, 0.1) is 19.3 Å². The number of carbonyl (C=O) groups excluding carboxylic acids is 2. The lowest BCUT2D eigenvalue weighted by Crippen LogP contribution is -2.43. The maximum absolute atomic E-state index is 13.8. The Morgan fingerprint density at radius 1 is 0.974 bits per heavy atom. The molecule has 1 fully saturated rings. The summed E-state index contributed by atoms with van der Waals surface area (Å²) in [5, 5.41) is 2.31. The molecule has 1 N–H and O–H groups in total. The van der Waals surface area contributed by atoms with Gasteiger partial charge in [0.25, 0.3) is 0 Å². The first-order valence-electron chi connectivity index (χ1n) is 12.0. The van der Waals surface area contributed by atoms with Gasteiger partial charge in [0.15, 0.2) is 0 Å². The zero-order valence-electron chi connectivity index (χ0n) is 21.1. The molecule has 4 rings (SSSR count). The normalized spacial score (nSPS) is 21.0. The van der Waals surface area contributed by atoms with Crippen molar-refractivity contribution in [3.8, 4) is 0 Å². The van der Waals surface area contributed by atoms with Crippen LogP contribution in [0.25, 0.3) is 0 Å². The van der Waals surface area contributed by atoms with Crippen LogP contribution in [0.5, 0.6) is 0 Å². The van der Waals surface area contributed by atoms with Crippen molar-refractivity contribution < 1.29 is 35.9 Å². The van der Waals surface area contributed by atoms with Crippen LogP contribution in [-0.2, 0) is 21.9 Å². The summed E-state index contributed by atoms with van der Waals surface area (Å²) in [5.41, 5.74) is -2.27. The van der Waals surface area contributed by atoms with E-state index in [1.54, 1.807) is 0 Å². The Kier molecular flexibility index (Phi) is 7.11. The summed E-state index contributed by atoms with van der Waals surface area (Å²) in [7, 11) is 1.88. The lowest BCUT2D eigenvalue weighted by atomic mass is 9.75. The molecule has 204 valence electrons. The molecule has 0 saturated carbocycles. The largest absolute Gasteiger partial charge is 0.416 e. The number of nitrogens with zero attached hydrogens (tertiary/aromatic N) is 2. The fraction of sp³-hybridized carbons (Fsp3) is 0.407. The SMILES string of the molecule is Cc1cccc(C)c1N1CC(C(=O)Nc2cc(C(F)(F)F)cc(C(F)(F)F)c2)(C2=CCN(C)CC2)CC1=O. The van der Waals surface area contributed by atoms with Crippen molar-refractivity contribution in [3.63, 3.8) is 0 Å². The first-order valence-corrected chi connectivity index (χ1v) is 12.0. The predicted molar refractivity (Wildman–Crippen MR) is 131 cm³/mol. The van der Waals surface area contributed by atoms with E-state index in [4.69, 9.17) is 0 Å². The standard InChI is InChI=1S/C27H27F6N3O2/c1-16-5-4-6-17(2)23(16)36-15-25(14-22(36)37,18-7-9-35(3)10-8-18)24(38)34-21-12-19(26(28,29)30)11-20(13-21)27(31,32)33/h4-7,11-13H,8-10,14-15H2,1-3H3,(H,34,38). The first-order chi connectivity index (χ1) is 17.6. The highest BCUT2D eigenvalue weighted by Crippen LogP contribution is 2.45. The van der Waals surface area contributed by atoms with E-state index in [0.29, 0.717) is 42.9 Å². The van der Waals surface area contributed by atoms with E-state index >= 15 is 0 Å². The van der Waals surface area contributed by atoms with Crippen molar-refractivity contribution in [1.82, 2.24) is 4.90 Å². The van der Waals surface area contributed by atoms with Crippen LogP contribution in [0.2, 0.25) is 0 Å². The number of nitrogens with one attached hydrogen (secondary N) is 1. The molecule has 1 atom stereocenters. The second-order valence-corrected chi connectivity index (χ2v) is 9.97. The topological polar surface area (TPSA) is 52.7 Å². The second-order valence-electron chi connectivity index (χ2n) is 9.97. The zero-order chi connectivity index (χ0) is 28.0. The molecule has 1 saturated heterocycles. The van der Waals surface area contributed by atoms with Crippen molar-refractivity contribution in [3.05, 3.63) is 70.3 Å². The number of alkyl halides is 6. The summed E-state index contributed by atoms with van der Waals surface area (Å²) in [4.78, 5) is 30.7. The minimum atomic E-state index is -5.06. The minimum Gasteiger partial charge on any atom is -0.325 e. The molecule has 0 spiro atoms. The molecule has 0 radical (unpaired) electrons. The Morgan fingerprint density at radius 2 is 1.55 bits per heavy atom. The van der Waals surface area contributed by atoms with Crippen molar-refractivity contribution in [2.24, 2.45) is 5.41 Å². The maximum atomic E-state index is 13.8. The van der Waals surface area contributed by atoms with Gasteiger partial charge >= 0.3 is 12.4 Å². The zero-order valence-corrected chi connectivity index (χ0v) is 21.1. The maximum Gasteiger partial charge on any atom is 0.416 e. The summed E-state index contributed by atoms with van der Waals surface area (Å²) in [6.45, 7) is 4.64. The first kappa shape index (κ1) is 27.7. The van der Waals surface area contributed by atoms with E-state index in [9.17, 15) is 35.9 Å². The van der Waals surface area contributed by atoms with Gasteiger partial charge in [0.1, 0.15) is 0 Å². The van der Waals surface area contributed by atoms with Crippen LogP contribution in [0.4, 0.5) is 37.7 Å². The number of likely N-dealkylation sites (N-methyl/N-ethyl adjacent to an activating group) is 1. The Balaban J connectivity index is 1.78. The Morgan fingerprint density at radius 3 is 2.05 bits per heavy atom. The molecule has 5 nitrogen and oxygen atoms in total. The lowest BCUT2D eigenvalue weighted by Gasteiger charge is -2.34. The highest BCUT2D eigenvalue weighted by molar-refractivity contribution is 6.08. The molecule has 0 aliphatic carbocycles. The van der Waals surface area contributed by atoms with Crippen LogP contribution < -0.4 is 10.2 Å². The summed E-state index contributed by atoms with van der Waals surface area (Å²) < 4.78 is 80.4. The van der Waals surface area contributed by atoms with E-state index in [1.165, 1.54) is 4.90 Å². The van der Waals surface area contributed by atoms with Crippen LogP contribution in [0.15, 0.2) is 48.0 Å². The van der Waals surface area contributed by atoms with Gasteiger partial charge in [-0.15, -0.1) is 0 Å². The van der Waals surface area contributed by atoms with Gasteiger partial charge in [-0.2, -0.15) is 26.3 Å². The minimum absolute atomic E-state index is 0.00666. The van der Waals surface area contributed by atoms with E-state index in [1.807, 2.05) is 50.1 Å². The monoisotopic (exact) mass is 539 g/mol. The average molecular weight is 540 g/mol. The van der Waals surface area contributed by atoms with Gasteiger partial charge in [0.05, 0.1) is 16.5 Å². The molecule has 2 amide bonds. The third-order valence-electron chi connectivity index (χ3n) is 7.20. The van der Waals surface area contributed by atoms with Gasteiger partial charge in [0.2, 0.25) is 11.8 Å². The Bertz CT molecular complexity index is 1250. The number of hydrogen-bond donors (Lipinski definition) is 1. The third-order valence-corrected chi connectivity index (χ3v) is 7.20. The van der Waals surface area contributed by atoms with Gasteiger partial charge in [-0.3, -0.25) is 9.59 Å². The molecule has 1 unspecified atom stereocenters. The number of aryl methyl sites for hydroxylation is 2. The number of anilines is 2. The molecule has 2 aromatic carbocycles. The Labute approximate surface area is 216 Å². The molecule has 2 aromatic rings. The number of benzene rings is 2. The fourth-order valence-electron chi connectivity index (χ4n) is 5.20. The van der Waals surface area contributed by atoms with Crippen molar-refractivity contribution in [2.75, 3.05) is 36.9 Å². The number of hydrogen-bond acceptors (Lipinski definition) is 3. The molecule has 0 aromatic heterocycles. The third kappa shape index (κ3) is 5.29. The van der Waals surface area contributed by atoms with Crippen molar-refractivity contribution in [1.29, 1.82) is 0 Å². The molecule has 2 heterocycles. The molecular weight excluding hydrogens is 512 g/mol. The Hall–Kier alpha value is -3.34. The van der Waals surface area contributed by atoms with Crippen LogP contribution in [0.3, 0.4) is 0 Å². The second kappa shape index (κ2) is 9.76. The van der Waals surface area contributed by atoms with Crippen molar-refractivity contribution in [2.45, 2.75) is 39.0 Å². The fourth-order valence-corrected chi connectivity index (χ4v) is 5.20. The van der Waals surface area contributed by atoms with Crippen molar-refractivity contribution >= 4 is 23.2 Å². The molecule has 38 heavy (non-hydrogen) atoms. The summed E-state index contributed by atoms with van der Waals surface area (Å²) in [5.74, 6) is -1.17. The molecule has 2 aliphatic heterocycles. The van der Waals surface area contributed by atoms with E-state index in [0.717, 1.165) is 11.1 Å². The van der Waals surface area contributed by atoms with E-state index in [2.05, 4.69) is 5.32 Å². The lowest BCUT2D eigenvalue weighted by molar-refractivity contribution is -0.143. The number of carbonyl (C=O) groups is 2. The van der Waals surface area contributed by atoms with E-state index in [-0.39, 0.29) is 24.9 Å².